The molecule has 2 aromatic rings. The third-order valence-corrected chi connectivity index (χ3v) is 2.86. The molecular formula is C17H20N4O4. The van der Waals surface area contributed by atoms with E-state index in [1.165, 1.54) is 11.1 Å². The third-order valence-electron chi connectivity index (χ3n) is 2.86. The molecule has 132 valence electrons. The van der Waals surface area contributed by atoms with Gasteiger partial charge < -0.3 is 21.1 Å². The molecule has 0 aliphatic rings. The molecule has 0 fully saturated rings. The first-order valence-electron chi connectivity index (χ1n) is 7.29. The number of nitrogens with two attached hydrogens (primary N) is 1. The maximum absolute atomic E-state index is 11.3. The van der Waals surface area contributed by atoms with E-state index in [1.807, 2.05) is 0 Å². The van der Waals surface area contributed by atoms with Crippen molar-refractivity contribution >= 4 is 23.6 Å². The maximum Gasteiger partial charge on any atom is 0.321 e. The number of nitrogens with one attached hydrogen (secondary N) is 1. The highest BCUT2D eigenvalue weighted by molar-refractivity contribution is 5.90. The molecule has 8 nitrogen and oxygen atoms in total. The highest BCUT2D eigenvalue weighted by atomic mass is 16.4. The second-order valence-electron chi connectivity index (χ2n) is 5.17. The summed E-state index contributed by atoms with van der Waals surface area (Å²) in [6, 6.07) is 11.6. The first kappa shape index (κ1) is 19.6. The summed E-state index contributed by atoms with van der Waals surface area (Å²) >= 11 is 0. The maximum atomic E-state index is 11.3. The van der Waals surface area contributed by atoms with Crippen LogP contribution in [0.2, 0.25) is 0 Å². The summed E-state index contributed by atoms with van der Waals surface area (Å²) in [6.45, 7) is 0. The Kier molecular flexibility index (Phi) is 7.58. The largest absolute Gasteiger partial charge is 0.481 e. The van der Waals surface area contributed by atoms with Crippen LogP contribution in [-0.4, -0.2) is 47.0 Å². The smallest absolute Gasteiger partial charge is 0.321 e. The van der Waals surface area contributed by atoms with Crippen LogP contribution in [0.25, 0.3) is 0 Å². The Morgan fingerprint density at radius 1 is 1.16 bits per heavy atom. The van der Waals surface area contributed by atoms with E-state index < -0.39 is 11.9 Å². The van der Waals surface area contributed by atoms with Gasteiger partial charge in [0.2, 0.25) is 0 Å². The Morgan fingerprint density at radius 2 is 1.88 bits per heavy atom. The predicted octanol–water partition coefficient (Wildman–Crippen LogP) is 1.59. The van der Waals surface area contributed by atoms with Crippen molar-refractivity contribution in [1.29, 1.82) is 0 Å². The molecule has 0 atom stereocenters. The number of rotatable bonds is 4. The van der Waals surface area contributed by atoms with Gasteiger partial charge in [-0.1, -0.05) is 18.2 Å². The number of carbonyl (C=O) groups excluding carboxylic acids is 2. The van der Waals surface area contributed by atoms with Gasteiger partial charge in [-0.05, 0) is 29.8 Å². The zero-order chi connectivity index (χ0) is 18.8. The lowest BCUT2D eigenvalue weighted by Gasteiger charge is -2.12. The average Bonchev–Trinajstić information content (AvgIpc) is 2.56. The predicted molar refractivity (Wildman–Crippen MR) is 93.2 cm³/mol. The number of hydrogen-bond acceptors (Lipinski definition) is 4. The van der Waals surface area contributed by atoms with Crippen LogP contribution in [-0.2, 0) is 11.2 Å². The number of anilines is 1. The molecule has 0 unspecified atom stereocenters. The highest BCUT2D eigenvalue weighted by Crippen LogP contribution is 2.11. The van der Waals surface area contributed by atoms with Crippen LogP contribution in [0.4, 0.5) is 10.5 Å². The molecule has 0 saturated heterocycles. The highest BCUT2D eigenvalue weighted by Gasteiger charge is 2.05. The molecule has 0 aliphatic carbocycles. The van der Waals surface area contributed by atoms with Gasteiger partial charge in [0.1, 0.15) is 5.69 Å². The minimum absolute atomic E-state index is 0.0499. The van der Waals surface area contributed by atoms with Gasteiger partial charge in [-0.3, -0.25) is 14.6 Å². The second-order valence-corrected chi connectivity index (χ2v) is 5.17. The molecule has 1 aromatic heterocycles. The molecule has 4 N–H and O–H groups in total. The van der Waals surface area contributed by atoms with Crippen molar-refractivity contribution < 1.29 is 19.5 Å². The molecule has 1 aromatic carbocycles. The van der Waals surface area contributed by atoms with Crippen LogP contribution in [0.15, 0.2) is 48.7 Å². The number of nitrogens with zero attached hydrogens (tertiary/aromatic N) is 2. The average molecular weight is 344 g/mol. The van der Waals surface area contributed by atoms with Crippen LogP contribution in [0.1, 0.15) is 16.1 Å². The fourth-order valence-corrected chi connectivity index (χ4v) is 1.68. The van der Waals surface area contributed by atoms with Crippen LogP contribution < -0.4 is 11.1 Å². The Balaban J connectivity index is 0.000000293. The first-order valence-corrected chi connectivity index (χ1v) is 7.29. The van der Waals surface area contributed by atoms with Gasteiger partial charge in [-0.15, -0.1) is 0 Å². The van der Waals surface area contributed by atoms with E-state index in [-0.39, 0.29) is 12.5 Å². The lowest BCUT2D eigenvalue weighted by molar-refractivity contribution is -0.136. The number of amides is 3. The third kappa shape index (κ3) is 7.60. The Hall–Kier alpha value is -3.42. The summed E-state index contributed by atoms with van der Waals surface area (Å²) in [4.78, 5) is 37.3. The number of benzene rings is 1. The quantitative estimate of drug-likeness (QED) is 0.776. The molecule has 0 aliphatic heterocycles. The van der Waals surface area contributed by atoms with Crippen LogP contribution in [0, 0.1) is 0 Å². The van der Waals surface area contributed by atoms with E-state index in [0.717, 1.165) is 0 Å². The van der Waals surface area contributed by atoms with Gasteiger partial charge in [0, 0.05) is 26.0 Å². The van der Waals surface area contributed by atoms with Crippen molar-refractivity contribution in [3.05, 3.63) is 59.9 Å². The second kappa shape index (κ2) is 9.66. The number of carboxylic acids is 1. The molecule has 0 spiro atoms. The van der Waals surface area contributed by atoms with Crippen molar-refractivity contribution in [1.82, 2.24) is 9.88 Å². The van der Waals surface area contributed by atoms with E-state index in [4.69, 9.17) is 10.8 Å². The standard InChI is InChI=1S/C11H14N2O3.C6H6N2O/c1-13(2)11(16)12-9-5-3-4-8(6-9)7-10(14)15;7-6(9)5-3-1-2-4-8-5/h3-6H,7H2,1-2H3,(H,12,16)(H,14,15);1-4H,(H2,7,9). The molecule has 0 saturated carbocycles. The molecular weight excluding hydrogens is 324 g/mol. The summed E-state index contributed by atoms with van der Waals surface area (Å²) in [5.41, 5.74) is 6.47. The Morgan fingerprint density at radius 3 is 2.36 bits per heavy atom. The normalized spacial score (nSPS) is 9.36. The summed E-state index contributed by atoms with van der Waals surface area (Å²) in [5, 5.41) is 11.3. The Labute approximate surface area is 145 Å². The van der Waals surface area contributed by atoms with Gasteiger partial charge in [-0.25, -0.2) is 4.79 Å². The van der Waals surface area contributed by atoms with E-state index in [9.17, 15) is 14.4 Å². The lowest BCUT2D eigenvalue weighted by atomic mass is 10.1. The Bertz CT molecular complexity index is 732. The molecule has 3 amide bonds. The van der Waals surface area contributed by atoms with Crippen molar-refractivity contribution in [2.45, 2.75) is 6.42 Å². The zero-order valence-electron chi connectivity index (χ0n) is 14.0. The van der Waals surface area contributed by atoms with E-state index >= 15 is 0 Å². The monoisotopic (exact) mass is 344 g/mol. The number of aliphatic carboxylic acids is 1. The molecule has 1 heterocycles. The molecule has 0 bridgehead atoms. The lowest BCUT2D eigenvalue weighted by Crippen LogP contribution is -2.27. The van der Waals surface area contributed by atoms with Crippen LogP contribution in [0.5, 0.6) is 0 Å². The molecule has 25 heavy (non-hydrogen) atoms. The fourth-order valence-electron chi connectivity index (χ4n) is 1.68. The topological polar surface area (TPSA) is 126 Å². The van der Waals surface area contributed by atoms with Gasteiger partial charge in [0.25, 0.3) is 5.91 Å². The number of urea groups is 1. The van der Waals surface area contributed by atoms with Crippen molar-refractivity contribution in [3.63, 3.8) is 0 Å². The number of pyridine rings is 1. The van der Waals surface area contributed by atoms with E-state index in [1.54, 1.807) is 56.6 Å². The van der Waals surface area contributed by atoms with Gasteiger partial charge in [0.05, 0.1) is 6.42 Å². The minimum atomic E-state index is -0.893. The summed E-state index contributed by atoms with van der Waals surface area (Å²) in [6.07, 6.45) is 1.48. The molecule has 0 radical (unpaired) electrons. The zero-order valence-corrected chi connectivity index (χ0v) is 14.0. The number of carboxylic acid groups (broad SMARTS) is 1. The van der Waals surface area contributed by atoms with Crippen molar-refractivity contribution in [2.75, 3.05) is 19.4 Å². The number of aromatic nitrogens is 1. The molecule has 2 rings (SSSR count). The van der Waals surface area contributed by atoms with Gasteiger partial charge in [0.15, 0.2) is 0 Å². The fraction of sp³-hybridized carbons (Fsp3) is 0.176. The summed E-state index contributed by atoms with van der Waals surface area (Å²) in [5.74, 6) is -1.38. The van der Waals surface area contributed by atoms with Crippen LogP contribution >= 0.6 is 0 Å². The number of carbonyl (C=O) groups is 3. The summed E-state index contributed by atoms with van der Waals surface area (Å²) < 4.78 is 0. The van der Waals surface area contributed by atoms with Crippen LogP contribution in [0.3, 0.4) is 0 Å². The summed E-state index contributed by atoms with van der Waals surface area (Å²) in [7, 11) is 3.27. The van der Waals surface area contributed by atoms with Gasteiger partial charge in [-0.2, -0.15) is 0 Å². The minimum Gasteiger partial charge on any atom is -0.481 e. The van der Waals surface area contributed by atoms with Crippen molar-refractivity contribution in [2.24, 2.45) is 5.73 Å². The van der Waals surface area contributed by atoms with Gasteiger partial charge >= 0.3 is 12.0 Å². The first-order chi connectivity index (χ1) is 11.8. The SMILES string of the molecule is CN(C)C(=O)Nc1cccc(CC(=O)O)c1.NC(=O)c1ccccn1. The van der Waals surface area contributed by atoms with E-state index in [0.29, 0.717) is 16.9 Å². The molecule has 8 heteroatoms. The van der Waals surface area contributed by atoms with E-state index in [2.05, 4.69) is 10.3 Å². The van der Waals surface area contributed by atoms with Crippen molar-refractivity contribution in [3.8, 4) is 0 Å². The number of primary amides is 1. The number of hydrogen-bond donors (Lipinski definition) is 3.